The Kier molecular flexibility index (Phi) is 7.68. The Balaban J connectivity index is 1.26. The number of aromatic nitrogens is 1. The molecule has 2 aliphatic heterocycles. The van der Waals surface area contributed by atoms with Crippen LogP contribution in [0.1, 0.15) is 23.6 Å². The molecule has 1 saturated heterocycles. The summed E-state index contributed by atoms with van der Waals surface area (Å²) in [5.41, 5.74) is 1.98. The van der Waals surface area contributed by atoms with E-state index in [0.717, 1.165) is 12.1 Å². The Hall–Kier alpha value is -4.09. The standard InChI is InChI=1S/C29H31N3O7S/c1-37-25-14-19(15-26(38-2)29(25)39-3)7-12-27(33)30-22-8-10-23(11-9-22)40(35,36)31-16-20-13-21(18-31)24-5-4-6-28(34)32(24)17-20/h4-12,14-15,20-21H,13,16-18H2,1-3H3,(H,30,33)/b12-7-. The van der Waals surface area contributed by atoms with Gasteiger partial charge >= 0.3 is 0 Å². The van der Waals surface area contributed by atoms with E-state index in [4.69, 9.17) is 14.2 Å². The first-order chi connectivity index (χ1) is 19.2. The highest BCUT2D eigenvalue weighted by atomic mass is 32.2. The summed E-state index contributed by atoms with van der Waals surface area (Å²) in [6.07, 6.45) is 3.84. The van der Waals surface area contributed by atoms with Gasteiger partial charge in [-0.25, -0.2) is 8.42 Å². The molecule has 0 spiro atoms. The van der Waals surface area contributed by atoms with Crippen molar-refractivity contribution in [1.82, 2.24) is 8.87 Å². The zero-order chi connectivity index (χ0) is 28.4. The highest BCUT2D eigenvalue weighted by Crippen LogP contribution is 2.39. The van der Waals surface area contributed by atoms with E-state index < -0.39 is 10.0 Å². The number of rotatable bonds is 8. The number of carbonyl (C=O) groups excluding carboxylic acids is 1. The molecule has 2 atom stereocenters. The molecule has 2 unspecified atom stereocenters. The summed E-state index contributed by atoms with van der Waals surface area (Å²) in [6.45, 7) is 1.21. The minimum Gasteiger partial charge on any atom is -0.493 e. The first kappa shape index (κ1) is 27.5. The zero-order valence-corrected chi connectivity index (χ0v) is 23.3. The van der Waals surface area contributed by atoms with E-state index >= 15 is 0 Å². The van der Waals surface area contributed by atoms with Gasteiger partial charge in [0.15, 0.2) is 11.5 Å². The Morgan fingerprint density at radius 1 is 0.950 bits per heavy atom. The van der Waals surface area contributed by atoms with E-state index in [9.17, 15) is 18.0 Å². The first-order valence-corrected chi connectivity index (χ1v) is 14.3. The summed E-state index contributed by atoms with van der Waals surface area (Å²) in [7, 11) is 0.799. The maximum Gasteiger partial charge on any atom is 0.250 e. The molecule has 1 aromatic heterocycles. The molecule has 11 heteroatoms. The molecule has 5 rings (SSSR count). The average Bonchev–Trinajstić information content (AvgIpc) is 2.96. The van der Waals surface area contributed by atoms with Crippen LogP contribution >= 0.6 is 0 Å². The number of ether oxygens (including phenoxy) is 3. The quantitative estimate of drug-likeness (QED) is 0.417. The van der Waals surface area contributed by atoms with E-state index in [0.29, 0.717) is 48.1 Å². The molecule has 1 N–H and O–H groups in total. The van der Waals surface area contributed by atoms with E-state index in [-0.39, 0.29) is 28.2 Å². The Morgan fingerprint density at radius 3 is 2.30 bits per heavy atom. The van der Waals surface area contributed by atoms with Gasteiger partial charge in [-0.2, -0.15) is 4.31 Å². The van der Waals surface area contributed by atoms with Crippen LogP contribution in [-0.2, 0) is 21.4 Å². The first-order valence-electron chi connectivity index (χ1n) is 12.8. The molecular weight excluding hydrogens is 534 g/mol. The molecule has 3 aromatic rings. The predicted octanol–water partition coefficient (Wildman–Crippen LogP) is 3.33. The number of hydrogen-bond donors (Lipinski definition) is 1. The van der Waals surface area contributed by atoms with Crippen LogP contribution in [0.25, 0.3) is 6.08 Å². The van der Waals surface area contributed by atoms with Crippen molar-refractivity contribution in [2.75, 3.05) is 39.7 Å². The fraction of sp³-hybridized carbons (Fsp3) is 0.310. The van der Waals surface area contributed by atoms with Crippen LogP contribution in [0.2, 0.25) is 0 Å². The monoisotopic (exact) mass is 565 g/mol. The van der Waals surface area contributed by atoms with E-state index in [1.54, 1.807) is 47.0 Å². The van der Waals surface area contributed by atoms with Crippen LogP contribution < -0.4 is 25.1 Å². The van der Waals surface area contributed by atoms with Crippen LogP contribution in [0, 0.1) is 5.92 Å². The minimum absolute atomic E-state index is 0.0211. The van der Waals surface area contributed by atoms with E-state index in [1.165, 1.54) is 43.8 Å². The molecule has 0 saturated carbocycles. The second-order valence-corrected chi connectivity index (χ2v) is 11.8. The van der Waals surface area contributed by atoms with E-state index in [2.05, 4.69) is 5.32 Å². The topological polar surface area (TPSA) is 116 Å². The molecule has 1 amide bonds. The minimum atomic E-state index is -3.74. The number of pyridine rings is 1. The van der Waals surface area contributed by atoms with Gasteiger partial charge in [0, 0.05) is 49.1 Å². The fourth-order valence-electron chi connectivity index (χ4n) is 5.46. The van der Waals surface area contributed by atoms with Crippen molar-refractivity contribution in [3.8, 4) is 17.2 Å². The zero-order valence-electron chi connectivity index (χ0n) is 22.5. The summed E-state index contributed by atoms with van der Waals surface area (Å²) in [4.78, 5) is 25.0. The highest BCUT2D eigenvalue weighted by molar-refractivity contribution is 7.89. The lowest BCUT2D eigenvalue weighted by atomic mass is 9.84. The van der Waals surface area contributed by atoms with Gasteiger partial charge in [-0.3, -0.25) is 9.59 Å². The summed E-state index contributed by atoms with van der Waals surface area (Å²) in [5.74, 6) is 1.06. The maximum atomic E-state index is 13.5. The number of carbonyl (C=O) groups is 1. The summed E-state index contributed by atoms with van der Waals surface area (Å²) < 4.78 is 46.2. The van der Waals surface area contributed by atoms with Crippen LogP contribution in [0.5, 0.6) is 17.2 Å². The number of fused-ring (bicyclic) bond motifs is 4. The van der Waals surface area contributed by atoms with Crippen molar-refractivity contribution >= 4 is 27.7 Å². The number of amides is 1. The number of nitrogens with zero attached hydrogens (tertiary/aromatic N) is 2. The largest absolute Gasteiger partial charge is 0.493 e. The number of methoxy groups -OCH3 is 3. The third-order valence-corrected chi connectivity index (χ3v) is 9.17. The number of hydrogen-bond acceptors (Lipinski definition) is 7. The van der Waals surface area contributed by atoms with E-state index in [1.807, 2.05) is 6.07 Å². The third-order valence-electron chi connectivity index (χ3n) is 7.32. The SMILES string of the molecule is COc1cc(/C=C\C(=O)Nc2ccc(S(=O)(=O)N3CC4CC(C3)c3cccc(=O)n3C4)cc2)cc(OC)c1OC. The molecule has 2 aliphatic rings. The summed E-state index contributed by atoms with van der Waals surface area (Å²) in [6, 6.07) is 14.7. The lowest BCUT2D eigenvalue weighted by Gasteiger charge is -2.42. The molecule has 10 nitrogen and oxygen atoms in total. The van der Waals surface area contributed by atoms with Crippen LogP contribution in [0.15, 0.2) is 70.4 Å². The second-order valence-electron chi connectivity index (χ2n) is 9.83. The molecule has 0 aliphatic carbocycles. The normalized spacial score (nSPS) is 18.7. The molecule has 1 fully saturated rings. The Labute approximate surface area is 232 Å². The lowest BCUT2D eigenvalue weighted by molar-refractivity contribution is -0.111. The van der Waals surface area contributed by atoms with Crippen molar-refractivity contribution in [3.05, 3.63) is 82.3 Å². The van der Waals surface area contributed by atoms with Gasteiger partial charge in [0.1, 0.15) is 0 Å². The third kappa shape index (κ3) is 5.34. The van der Waals surface area contributed by atoms with Crippen molar-refractivity contribution in [3.63, 3.8) is 0 Å². The van der Waals surface area contributed by atoms with Gasteiger partial charge in [0.25, 0.3) is 5.56 Å². The summed E-state index contributed by atoms with van der Waals surface area (Å²) >= 11 is 0. The van der Waals surface area contributed by atoms with Crippen molar-refractivity contribution in [2.24, 2.45) is 5.92 Å². The van der Waals surface area contributed by atoms with Crippen LogP contribution in [-0.4, -0.2) is 57.6 Å². The van der Waals surface area contributed by atoms with Crippen LogP contribution in [0.4, 0.5) is 5.69 Å². The number of sulfonamides is 1. The van der Waals surface area contributed by atoms with Gasteiger partial charge in [-0.1, -0.05) is 6.07 Å². The van der Waals surface area contributed by atoms with Crippen LogP contribution in [0.3, 0.4) is 0 Å². The van der Waals surface area contributed by atoms with Crippen molar-refractivity contribution in [2.45, 2.75) is 23.8 Å². The second kappa shape index (κ2) is 11.2. The van der Waals surface area contributed by atoms with Gasteiger partial charge < -0.3 is 24.1 Å². The molecule has 2 bridgehead atoms. The maximum absolute atomic E-state index is 13.5. The molecule has 2 aromatic carbocycles. The molecular formula is C29H31N3O7S. The number of anilines is 1. The fourth-order valence-corrected chi connectivity index (χ4v) is 7.02. The predicted molar refractivity (Wildman–Crippen MR) is 151 cm³/mol. The highest BCUT2D eigenvalue weighted by Gasteiger charge is 2.39. The number of nitrogens with one attached hydrogen (secondary N) is 1. The lowest BCUT2D eigenvalue weighted by Crippen LogP contribution is -2.48. The van der Waals surface area contributed by atoms with Gasteiger partial charge in [0.05, 0.1) is 26.2 Å². The van der Waals surface area contributed by atoms with Gasteiger partial charge in [-0.05, 0) is 66.4 Å². The average molecular weight is 566 g/mol. The molecule has 0 radical (unpaired) electrons. The number of piperidine rings is 1. The van der Waals surface area contributed by atoms with Gasteiger partial charge in [0.2, 0.25) is 21.7 Å². The Bertz CT molecular complexity index is 1590. The number of benzene rings is 2. The molecule has 40 heavy (non-hydrogen) atoms. The Morgan fingerprint density at radius 2 is 1.65 bits per heavy atom. The van der Waals surface area contributed by atoms with Crippen molar-refractivity contribution in [1.29, 1.82) is 0 Å². The van der Waals surface area contributed by atoms with Crippen molar-refractivity contribution < 1.29 is 27.4 Å². The smallest absolute Gasteiger partial charge is 0.250 e. The van der Waals surface area contributed by atoms with Gasteiger partial charge in [-0.15, -0.1) is 0 Å². The molecule has 210 valence electrons. The summed E-state index contributed by atoms with van der Waals surface area (Å²) in [5, 5.41) is 2.75. The molecule has 3 heterocycles.